The Kier molecular flexibility index (Phi) is 1.96. The third-order valence-corrected chi connectivity index (χ3v) is 2.18. The average molecular weight is 206 g/mol. The van der Waals surface area contributed by atoms with Gasteiger partial charge in [0.1, 0.15) is 0 Å². The third kappa shape index (κ3) is 1.45. The summed E-state index contributed by atoms with van der Waals surface area (Å²) in [6.45, 7) is 0.0752. The molecular weight excluding hydrogens is 200 g/mol. The number of carbonyl (C=O) groups is 1. The van der Waals surface area contributed by atoms with Crippen LogP contribution in [-0.2, 0) is 4.79 Å². The van der Waals surface area contributed by atoms with Crippen LogP contribution in [0.15, 0.2) is 23.2 Å². The zero-order chi connectivity index (χ0) is 11.0. The van der Waals surface area contributed by atoms with Gasteiger partial charge in [-0.3, -0.25) is 15.1 Å². The summed E-state index contributed by atoms with van der Waals surface area (Å²) in [4.78, 5) is 24.7. The topological polar surface area (TPSA) is 92.8 Å². The first-order valence-electron chi connectivity index (χ1n) is 4.15. The van der Waals surface area contributed by atoms with Crippen LogP contribution in [0.2, 0.25) is 0 Å². The van der Waals surface area contributed by atoms with Gasteiger partial charge in [0.25, 0.3) is 5.69 Å². The molecule has 6 nitrogen and oxygen atoms in total. The molecule has 1 aromatic rings. The number of non-ortho nitro benzene ring substituents is 1. The lowest BCUT2D eigenvalue weighted by molar-refractivity contribution is -0.385. The first-order valence-corrected chi connectivity index (χ1v) is 4.15. The van der Waals surface area contributed by atoms with Gasteiger partial charge in [0.05, 0.1) is 22.4 Å². The van der Waals surface area contributed by atoms with Crippen molar-refractivity contribution in [1.82, 2.24) is 0 Å². The number of carboxylic acid groups (broad SMARTS) is 1. The Morgan fingerprint density at radius 2 is 2.27 bits per heavy atom. The van der Waals surface area contributed by atoms with Gasteiger partial charge >= 0.3 is 5.97 Å². The number of hydrogen-bond donors (Lipinski definition) is 1. The molecule has 1 aromatic carbocycles. The quantitative estimate of drug-likeness (QED) is 0.519. The second-order valence-electron chi connectivity index (χ2n) is 3.06. The van der Waals surface area contributed by atoms with E-state index in [9.17, 15) is 14.9 Å². The second-order valence-corrected chi connectivity index (χ2v) is 3.06. The first kappa shape index (κ1) is 9.32. The highest BCUT2D eigenvalue weighted by Crippen LogP contribution is 2.06. The highest BCUT2D eigenvalue weighted by molar-refractivity contribution is 6.09. The number of fused-ring (bicyclic) bond motifs is 1. The average Bonchev–Trinajstić information content (AvgIpc) is 2.59. The Balaban J connectivity index is 2.76. The van der Waals surface area contributed by atoms with Gasteiger partial charge < -0.3 is 5.11 Å². The molecule has 0 atom stereocenters. The Morgan fingerprint density at radius 3 is 2.87 bits per heavy atom. The normalized spacial score (nSPS) is 13.2. The molecule has 1 aliphatic rings. The predicted octanol–water partition coefficient (Wildman–Crippen LogP) is -0.537. The Labute approximate surface area is 83.3 Å². The van der Waals surface area contributed by atoms with E-state index in [1.54, 1.807) is 0 Å². The number of hydrogen-bond acceptors (Lipinski definition) is 4. The van der Waals surface area contributed by atoms with Gasteiger partial charge in [-0.25, -0.2) is 4.79 Å². The molecule has 1 heterocycles. The summed E-state index contributed by atoms with van der Waals surface area (Å²) in [5.74, 6) is -1.09. The molecule has 0 saturated heterocycles. The van der Waals surface area contributed by atoms with Gasteiger partial charge in [-0.05, 0) is 6.07 Å². The number of rotatable bonds is 2. The Bertz CT molecular complexity index is 576. The van der Waals surface area contributed by atoms with Gasteiger partial charge in [-0.15, -0.1) is 0 Å². The van der Waals surface area contributed by atoms with Gasteiger partial charge in [0.15, 0.2) is 0 Å². The molecule has 2 rings (SSSR count). The summed E-state index contributed by atoms with van der Waals surface area (Å²) in [6, 6.07) is 4.02. The van der Waals surface area contributed by atoms with Crippen molar-refractivity contribution in [2.24, 2.45) is 4.99 Å². The largest absolute Gasteiger partial charge is 0.478 e. The van der Waals surface area contributed by atoms with E-state index in [0.717, 1.165) is 0 Å². The molecule has 0 aromatic heterocycles. The van der Waals surface area contributed by atoms with Crippen molar-refractivity contribution in [3.8, 4) is 0 Å². The van der Waals surface area contributed by atoms with Crippen molar-refractivity contribution in [2.75, 3.05) is 6.54 Å². The van der Waals surface area contributed by atoms with E-state index in [-0.39, 0.29) is 17.8 Å². The smallest absolute Gasteiger partial charge is 0.334 e. The Hall–Kier alpha value is -2.24. The molecule has 0 aliphatic carbocycles. The predicted molar refractivity (Wildman–Crippen MR) is 49.8 cm³/mol. The van der Waals surface area contributed by atoms with Gasteiger partial charge in [0, 0.05) is 17.4 Å². The number of nitro groups is 1. The van der Waals surface area contributed by atoms with Crippen LogP contribution in [0.4, 0.5) is 5.69 Å². The van der Waals surface area contributed by atoms with Gasteiger partial charge in [-0.2, -0.15) is 0 Å². The van der Waals surface area contributed by atoms with E-state index in [0.29, 0.717) is 10.6 Å². The number of benzene rings is 1. The van der Waals surface area contributed by atoms with Crippen LogP contribution in [0, 0.1) is 10.1 Å². The van der Waals surface area contributed by atoms with Crippen molar-refractivity contribution < 1.29 is 14.8 Å². The van der Waals surface area contributed by atoms with E-state index in [2.05, 4.69) is 4.99 Å². The summed E-state index contributed by atoms with van der Waals surface area (Å²) >= 11 is 0. The van der Waals surface area contributed by atoms with Gasteiger partial charge in [-0.1, -0.05) is 0 Å². The molecule has 1 aliphatic heterocycles. The van der Waals surface area contributed by atoms with Crippen LogP contribution >= 0.6 is 0 Å². The first-order chi connectivity index (χ1) is 7.09. The van der Waals surface area contributed by atoms with E-state index in [1.807, 2.05) is 0 Å². The van der Waals surface area contributed by atoms with E-state index in [4.69, 9.17) is 5.11 Å². The molecule has 15 heavy (non-hydrogen) atoms. The lowest BCUT2D eigenvalue weighted by atomic mass is 10.2. The lowest BCUT2D eigenvalue weighted by Crippen LogP contribution is -2.25. The van der Waals surface area contributed by atoms with Crippen LogP contribution in [0.5, 0.6) is 0 Å². The van der Waals surface area contributed by atoms with Crippen molar-refractivity contribution in [2.45, 2.75) is 0 Å². The molecule has 0 saturated carbocycles. The molecule has 0 bridgehead atoms. The zero-order valence-electron chi connectivity index (χ0n) is 7.51. The highest BCUT2D eigenvalue weighted by Gasteiger charge is 2.16. The maximum Gasteiger partial charge on any atom is 0.334 e. The minimum absolute atomic E-state index is 0.0752. The fraction of sp³-hybridized carbons (Fsp3) is 0.111. The van der Waals surface area contributed by atoms with Crippen molar-refractivity contribution >= 4 is 17.2 Å². The maximum absolute atomic E-state index is 10.8. The third-order valence-electron chi connectivity index (χ3n) is 2.18. The molecular formula is C9H6N2O4. The maximum atomic E-state index is 10.8. The van der Waals surface area contributed by atoms with Crippen LogP contribution in [0.25, 0.3) is 5.57 Å². The standard InChI is InChI=1S/C9H6N2O4/c12-9(13)7-4-10-8-2-1-5(11(14)15)3-6(7)8/h1-3H,4H2,(H,12,13). The van der Waals surface area contributed by atoms with Crippen LogP contribution in [0.1, 0.15) is 0 Å². The van der Waals surface area contributed by atoms with Crippen molar-refractivity contribution in [3.63, 3.8) is 0 Å². The fourth-order valence-electron chi connectivity index (χ4n) is 1.45. The summed E-state index contributed by atoms with van der Waals surface area (Å²) in [5, 5.41) is 20.2. The van der Waals surface area contributed by atoms with Crippen LogP contribution < -0.4 is 10.6 Å². The molecule has 0 fully saturated rings. The monoisotopic (exact) mass is 206 g/mol. The summed E-state index contributed by atoms with van der Waals surface area (Å²) < 4.78 is 0. The molecule has 1 N–H and O–H groups in total. The van der Waals surface area contributed by atoms with Crippen LogP contribution in [0.3, 0.4) is 0 Å². The lowest BCUT2D eigenvalue weighted by Gasteiger charge is -1.91. The number of carboxylic acids is 1. The molecule has 76 valence electrons. The minimum Gasteiger partial charge on any atom is -0.478 e. The highest BCUT2D eigenvalue weighted by atomic mass is 16.6. The fourth-order valence-corrected chi connectivity index (χ4v) is 1.45. The van der Waals surface area contributed by atoms with Crippen molar-refractivity contribution in [3.05, 3.63) is 38.9 Å². The molecule has 0 amide bonds. The summed E-state index contributed by atoms with van der Waals surface area (Å²) in [7, 11) is 0. The van der Waals surface area contributed by atoms with E-state index in [1.165, 1.54) is 18.2 Å². The zero-order valence-corrected chi connectivity index (χ0v) is 7.51. The molecule has 0 unspecified atom stereocenters. The number of aliphatic carboxylic acids is 1. The second kappa shape index (κ2) is 3.16. The van der Waals surface area contributed by atoms with E-state index < -0.39 is 10.9 Å². The van der Waals surface area contributed by atoms with Gasteiger partial charge in [0.2, 0.25) is 0 Å². The summed E-state index contributed by atoms with van der Waals surface area (Å²) in [6.07, 6.45) is 0. The van der Waals surface area contributed by atoms with Crippen molar-refractivity contribution in [1.29, 1.82) is 0 Å². The summed E-state index contributed by atoms with van der Waals surface area (Å²) in [5.41, 5.74) is -0.0155. The Morgan fingerprint density at radius 1 is 1.53 bits per heavy atom. The number of nitrogens with zero attached hydrogens (tertiary/aromatic N) is 2. The van der Waals surface area contributed by atoms with E-state index >= 15 is 0 Å². The van der Waals surface area contributed by atoms with Crippen LogP contribution in [-0.4, -0.2) is 22.5 Å². The molecule has 0 spiro atoms. The molecule has 0 radical (unpaired) electrons. The minimum atomic E-state index is -1.09. The SMILES string of the molecule is O=C(O)C1=c2cc([N+](=O)[O-])ccc2=NC1. The number of nitro benzene ring substituents is 1. The molecule has 6 heteroatoms.